The van der Waals surface area contributed by atoms with Crippen LogP contribution in [0.15, 0.2) is 48.2 Å². The quantitative estimate of drug-likeness (QED) is 0.427. The summed E-state index contributed by atoms with van der Waals surface area (Å²) in [4.78, 5) is 33.1. The number of carbonyl (C=O) groups is 1. The molecule has 4 aromatic rings. The van der Waals surface area contributed by atoms with E-state index in [0.29, 0.717) is 12.2 Å². The molecule has 9 nitrogen and oxygen atoms in total. The highest BCUT2D eigenvalue weighted by Gasteiger charge is 2.30. The van der Waals surface area contributed by atoms with Crippen molar-refractivity contribution in [1.82, 2.24) is 24.4 Å². The number of nitriles is 1. The second-order valence-electron chi connectivity index (χ2n) is 9.31. The van der Waals surface area contributed by atoms with Gasteiger partial charge in [0.15, 0.2) is 16.5 Å². The highest BCUT2D eigenvalue weighted by molar-refractivity contribution is 7.13. The van der Waals surface area contributed by atoms with Crippen molar-refractivity contribution in [3.05, 3.63) is 65.1 Å². The summed E-state index contributed by atoms with van der Waals surface area (Å²) < 4.78 is 1.83. The Kier molecular flexibility index (Phi) is 5.77. The number of nitrogens with zero attached hydrogens (tertiary/aromatic N) is 8. The van der Waals surface area contributed by atoms with Gasteiger partial charge in [0.25, 0.3) is 0 Å². The Morgan fingerprint density at radius 2 is 2.08 bits per heavy atom. The first-order valence-electron chi connectivity index (χ1n) is 12.1. The fraction of sp³-hybridized carbons (Fsp3) is 0.346. The van der Waals surface area contributed by atoms with E-state index in [1.165, 1.54) is 28.2 Å². The number of imidazole rings is 1. The number of aromatic nitrogens is 4. The van der Waals surface area contributed by atoms with Crippen molar-refractivity contribution in [1.29, 1.82) is 5.26 Å². The average Bonchev–Trinajstić information content (AvgIpc) is 3.55. The first kappa shape index (κ1) is 22.5. The van der Waals surface area contributed by atoms with Crippen molar-refractivity contribution < 1.29 is 4.79 Å². The first-order valence-corrected chi connectivity index (χ1v) is 13.0. The Bertz CT molecular complexity index is 1470. The number of piperazine rings is 1. The molecular formula is C26H26N8OS. The molecule has 0 unspecified atom stereocenters. The Hall–Kier alpha value is -3.97. The van der Waals surface area contributed by atoms with Gasteiger partial charge in [-0.3, -0.25) is 4.79 Å². The van der Waals surface area contributed by atoms with Crippen LogP contribution < -0.4 is 9.80 Å². The predicted molar refractivity (Wildman–Crippen MR) is 139 cm³/mol. The molecule has 2 aliphatic heterocycles. The third kappa shape index (κ3) is 4.05. The Morgan fingerprint density at radius 1 is 1.17 bits per heavy atom. The minimum atomic E-state index is 0.0849. The van der Waals surface area contributed by atoms with Gasteiger partial charge in [0.2, 0.25) is 5.91 Å². The number of fused-ring (bicyclic) bond motifs is 2. The zero-order valence-electron chi connectivity index (χ0n) is 20.0. The second-order valence-corrected chi connectivity index (χ2v) is 10.2. The summed E-state index contributed by atoms with van der Waals surface area (Å²) in [5.74, 6) is 0.0884. The minimum absolute atomic E-state index is 0.0849. The Balaban J connectivity index is 1.17. The van der Waals surface area contributed by atoms with Gasteiger partial charge in [-0.25, -0.2) is 15.0 Å². The van der Waals surface area contributed by atoms with Crippen LogP contribution in [0, 0.1) is 11.3 Å². The van der Waals surface area contributed by atoms with E-state index < -0.39 is 0 Å². The molecule has 1 saturated heterocycles. The molecule has 6 rings (SSSR count). The van der Waals surface area contributed by atoms with Crippen LogP contribution in [-0.4, -0.2) is 62.5 Å². The molecule has 2 aliphatic rings. The van der Waals surface area contributed by atoms with Gasteiger partial charge in [-0.15, -0.1) is 11.3 Å². The summed E-state index contributed by atoms with van der Waals surface area (Å²) in [6, 6.07) is 12.5. The number of pyridine rings is 1. The number of hydrogen-bond donors (Lipinski definition) is 0. The van der Waals surface area contributed by atoms with E-state index >= 15 is 0 Å². The summed E-state index contributed by atoms with van der Waals surface area (Å²) >= 11 is 1.53. The van der Waals surface area contributed by atoms with Crippen molar-refractivity contribution >= 4 is 39.2 Å². The number of benzene rings is 1. The summed E-state index contributed by atoms with van der Waals surface area (Å²) in [6.45, 7) is 6.27. The molecule has 0 saturated carbocycles. The van der Waals surface area contributed by atoms with Gasteiger partial charge in [0.1, 0.15) is 18.1 Å². The lowest BCUT2D eigenvalue weighted by atomic mass is 9.97. The van der Waals surface area contributed by atoms with Crippen molar-refractivity contribution in [2.75, 3.05) is 36.0 Å². The van der Waals surface area contributed by atoms with Crippen LogP contribution in [-0.2, 0) is 24.3 Å². The van der Waals surface area contributed by atoms with E-state index in [4.69, 9.17) is 5.26 Å². The van der Waals surface area contributed by atoms with Gasteiger partial charge in [-0.1, -0.05) is 12.1 Å². The average molecular weight is 499 g/mol. The molecule has 1 atom stereocenters. The van der Waals surface area contributed by atoms with Crippen LogP contribution in [0.1, 0.15) is 23.7 Å². The molecule has 1 aromatic carbocycles. The Morgan fingerprint density at radius 3 is 2.92 bits per heavy atom. The topological polar surface area (TPSA) is 94.2 Å². The smallest absolute Gasteiger partial charge is 0.242 e. The molecule has 0 radical (unpaired) electrons. The van der Waals surface area contributed by atoms with Crippen molar-refractivity contribution in [3.63, 3.8) is 0 Å². The third-order valence-corrected chi connectivity index (χ3v) is 8.00. The first-order chi connectivity index (χ1) is 17.6. The van der Waals surface area contributed by atoms with E-state index in [1.54, 1.807) is 12.5 Å². The second kappa shape index (κ2) is 9.24. The van der Waals surface area contributed by atoms with Crippen molar-refractivity contribution in [3.8, 4) is 6.07 Å². The molecule has 3 aromatic heterocycles. The lowest BCUT2D eigenvalue weighted by molar-refractivity contribution is -0.134. The van der Waals surface area contributed by atoms with Gasteiger partial charge < -0.3 is 19.3 Å². The Labute approximate surface area is 213 Å². The zero-order chi connectivity index (χ0) is 24.6. The molecule has 1 amide bonds. The molecule has 0 N–H and O–H groups in total. The van der Waals surface area contributed by atoms with E-state index in [-0.39, 0.29) is 18.5 Å². The van der Waals surface area contributed by atoms with Crippen LogP contribution >= 0.6 is 11.3 Å². The number of amides is 1. The molecular weight excluding hydrogens is 472 g/mol. The largest absolute Gasteiger partial charge is 0.367 e. The van der Waals surface area contributed by atoms with Gasteiger partial charge in [0.05, 0.1) is 6.33 Å². The third-order valence-electron chi connectivity index (χ3n) is 7.09. The number of rotatable bonds is 4. The van der Waals surface area contributed by atoms with E-state index in [1.807, 2.05) is 27.0 Å². The number of thiazole rings is 1. The SMILES string of the molecule is C[C@@H]1CN(c2cccc3c2CN(c2nc(C#N)cs2)CC3)CCN1C(=O)Cn1cnc2cccnc21. The van der Waals surface area contributed by atoms with Crippen LogP contribution in [0.4, 0.5) is 10.8 Å². The highest BCUT2D eigenvalue weighted by Crippen LogP contribution is 2.33. The number of anilines is 2. The fourth-order valence-corrected chi connectivity index (χ4v) is 6.06. The van der Waals surface area contributed by atoms with E-state index in [0.717, 1.165) is 48.9 Å². The molecule has 5 heterocycles. The summed E-state index contributed by atoms with van der Waals surface area (Å²) in [6.07, 6.45) is 4.37. The maximum absolute atomic E-state index is 13.2. The number of hydrogen-bond acceptors (Lipinski definition) is 8. The van der Waals surface area contributed by atoms with Crippen LogP contribution in [0.5, 0.6) is 0 Å². The lowest BCUT2D eigenvalue weighted by Gasteiger charge is -2.42. The number of carbonyl (C=O) groups excluding carboxylic acids is 1. The van der Waals surface area contributed by atoms with Crippen LogP contribution in [0.3, 0.4) is 0 Å². The maximum Gasteiger partial charge on any atom is 0.242 e. The van der Waals surface area contributed by atoms with Crippen LogP contribution in [0.2, 0.25) is 0 Å². The van der Waals surface area contributed by atoms with E-state index in [9.17, 15) is 4.79 Å². The highest BCUT2D eigenvalue weighted by atomic mass is 32.1. The molecule has 0 spiro atoms. The van der Waals surface area contributed by atoms with E-state index in [2.05, 4.69) is 55.9 Å². The zero-order valence-corrected chi connectivity index (χ0v) is 20.9. The molecule has 1 fully saturated rings. The van der Waals surface area contributed by atoms with Crippen molar-refractivity contribution in [2.45, 2.75) is 32.5 Å². The van der Waals surface area contributed by atoms with Gasteiger partial charge in [-0.2, -0.15) is 5.26 Å². The molecule has 10 heteroatoms. The van der Waals surface area contributed by atoms with Gasteiger partial charge in [-0.05, 0) is 42.7 Å². The maximum atomic E-state index is 13.2. The molecule has 0 aliphatic carbocycles. The molecule has 182 valence electrons. The molecule has 36 heavy (non-hydrogen) atoms. The predicted octanol–water partition coefficient (Wildman–Crippen LogP) is 3.06. The van der Waals surface area contributed by atoms with Crippen LogP contribution in [0.25, 0.3) is 11.2 Å². The van der Waals surface area contributed by atoms with Gasteiger partial charge >= 0.3 is 0 Å². The van der Waals surface area contributed by atoms with Crippen molar-refractivity contribution in [2.24, 2.45) is 0 Å². The minimum Gasteiger partial charge on any atom is -0.367 e. The summed E-state index contributed by atoms with van der Waals surface area (Å²) in [7, 11) is 0. The monoisotopic (exact) mass is 498 g/mol. The summed E-state index contributed by atoms with van der Waals surface area (Å²) in [5, 5.41) is 11.9. The fourth-order valence-electron chi connectivity index (χ4n) is 5.28. The van der Waals surface area contributed by atoms with Gasteiger partial charge in [0, 0.05) is 56.0 Å². The normalized spacial score (nSPS) is 17.8. The lowest BCUT2D eigenvalue weighted by Crippen LogP contribution is -2.55. The molecule has 0 bridgehead atoms. The summed E-state index contributed by atoms with van der Waals surface area (Å²) in [5.41, 5.74) is 5.93. The standard InChI is InChI=1S/C26H26N8OS/c1-18-13-31(10-11-34(18)24(35)15-33-17-29-22-5-3-8-28-25(22)33)23-6-2-4-19-7-9-32(14-21(19)23)26-30-20(12-27)16-36-26/h2-6,8,16-18H,7,9-11,13-15H2,1H3/t18-/m1/s1.